The summed E-state index contributed by atoms with van der Waals surface area (Å²) in [7, 11) is 0. The molecule has 0 radical (unpaired) electrons. The lowest BCUT2D eigenvalue weighted by molar-refractivity contribution is 0.624. The molecule has 0 spiro atoms. The highest BCUT2D eigenvalue weighted by Crippen LogP contribution is 2.14. The van der Waals surface area contributed by atoms with Gasteiger partial charge in [0, 0.05) is 24.1 Å². The van der Waals surface area contributed by atoms with Crippen LogP contribution in [0.2, 0.25) is 0 Å². The Morgan fingerprint density at radius 3 is 3.08 bits per heavy atom. The third kappa shape index (κ3) is 1.65. The first-order valence-corrected chi connectivity index (χ1v) is 4.52. The van der Waals surface area contributed by atoms with Crippen molar-refractivity contribution in [1.29, 1.82) is 0 Å². The van der Waals surface area contributed by atoms with Gasteiger partial charge in [-0.05, 0) is 6.07 Å². The fourth-order valence-electron chi connectivity index (χ4n) is 1.28. The quantitative estimate of drug-likeness (QED) is 0.738. The summed E-state index contributed by atoms with van der Waals surface area (Å²) in [4.78, 5) is 6.98. The van der Waals surface area contributed by atoms with Crippen LogP contribution in [-0.2, 0) is 6.42 Å². The normalized spacial score (nSPS) is 10.9. The molecule has 0 amide bonds. The number of nitrogens with one attached hydrogen (secondary N) is 1. The number of alkyl halides is 1. The number of aryl methyl sites for hydroxylation is 1. The molecule has 0 aromatic carbocycles. The van der Waals surface area contributed by atoms with Gasteiger partial charge in [-0.1, -0.05) is 0 Å². The zero-order chi connectivity index (χ0) is 9.26. The van der Waals surface area contributed by atoms with Gasteiger partial charge < -0.3 is 4.98 Å². The second-order valence-corrected chi connectivity index (χ2v) is 3.20. The average Bonchev–Trinajstić information content (AvgIpc) is 2.46. The predicted molar refractivity (Wildman–Crippen MR) is 50.5 cm³/mol. The second kappa shape index (κ2) is 3.34. The summed E-state index contributed by atoms with van der Waals surface area (Å²) < 4.78 is 12.7. The SMILES string of the molecule is Fc1cnc2cc(CCCl)[nH]c2c1. The van der Waals surface area contributed by atoms with Crippen LogP contribution in [0.25, 0.3) is 11.0 Å². The topological polar surface area (TPSA) is 28.7 Å². The summed E-state index contributed by atoms with van der Waals surface area (Å²) in [6.07, 6.45) is 1.96. The summed E-state index contributed by atoms with van der Waals surface area (Å²) in [5.74, 6) is 0.224. The summed E-state index contributed by atoms with van der Waals surface area (Å²) in [5, 5.41) is 0. The molecule has 0 unspecified atom stereocenters. The van der Waals surface area contributed by atoms with E-state index in [-0.39, 0.29) is 5.82 Å². The molecule has 0 atom stereocenters. The number of fused-ring (bicyclic) bond motifs is 1. The minimum Gasteiger partial charge on any atom is -0.357 e. The maximum atomic E-state index is 12.7. The lowest BCUT2D eigenvalue weighted by Crippen LogP contribution is -1.83. The Balaban J connectivity index is 2.49. The van der Waals surface area contributed by atoms with Crippen LogP contribution in [0, 0.1) is 5.82 Å². The van der Waals surface area contributed by atoms with Crippen LogP contribution >= 0.6 is 11.6 Å². The van der Waals surface area contributed by atoms with E-state index in [1.54, 1.807) is 0 Å². The van der Waals surface area contributed by atoms with Crippen molar-refractivity contribution in [2.45, 2.75) is 6.42 Å². The number of pyridine rings is 1. The largest absolute Gasteiger partial charge is 0.357 e. The third-order valence-electron chi connectivity index (χ3n) is 1.86. The Labute approximate surface area is 79.7 Å². The number of halogens is 2. The molecule has 0 aliphatic rings. The van der Waals surface area contributed by atoms with Crippen molar-refractivity contribution in [3.8, 4) is 0 Å². The van der Waals surface area contributed by atoms with Crippen molar-refractivity contribution >= 4 is 22.6 Å². The van der Waals surface area contributed by atoms with E-state index in [2.05, 4.69) is 9.97 Å². The van der Waals surface area contributed by atoms with E-state index in [9.17, 15) is 4.39 Å². The molecule has 0 saturated heterocycles. The highest BCUT2D eigenvalue weighted by atomic mass is 35.5. The van der Waals surface area contributed by atoms with Gasteiger partial charge in [0.05, 0.1) is 17.2 Å². The maximum Gasteiger partial charge on any atom is 0.143 e. The first-order valence-electron chi connectivity index (χ1n) is 3.98. The third-order valence-corrected chi connectivity index (χ3v) is 2.04. The number of nitrogens with zero attached hydrogens (tertiary/aromatic N) is 1. The van der Waals surface area contributed by atoms with Crippen LogP contribution in [0.5, 0.6) is 0 Å². The number of aromatic amines is 1. The van der Waals surface area contributed by atoms with Crippen LogP contribution in [-0.4, -0.2) is 15.8 Å². The molecule has 0 aliphatic carbocycles. The molecule has 4 heteroatoms. The molecule has 2 rings (SSSR count). The van der Waals surface area contributed by atoms with Crippen LogP contribution in [0.1, 0.15) is 5.69 Å². The summed E-state index contributed by atoms with van der Waals surface area (Å²) >= 11 is 5.58. The molecule has 0 bridgehead atoms. The van der Waals surface area contributed by atoms with E-state index in [1.165, 1.54) is 12.3 Å². The van der Waals surface area contributed by atoms with E-state index in [0.29, 0.717) is 5.88 Å². The standard InChI is InChI=1S/C9H8ClFN2/c10-2-1-7-4-8-9(13-7)3-6(11)5-12-8/h3-5,13H,1-2H2. The number of rotatable bonds is 2. The first-order chi connectivity index (χ1) is 6.29. The molecular formula is C9H8ClFN2. The van der Waals surface area contributed by atoms with Crippen molar-refractivity contribution in [2.75, 3.05) is 5.88 Å². The smallest absolute Gasteiger partial charge is 0.143 e. The van der Waals surface area contributed by atoms with E-state index in [1.807, 2.05) is 6.07 Å². The Bertz CT molecular complexity index is 424. The van der Waals surface area contributed by atoms with E-state index in [4.69, 9.17) is 11.6 Å². The predicted octanol–water partition coefficient (Wildman–Crippen LogP) is 2.48. The molecule has 0 fully saturated rings. The highest BCUT2D eigenvalue weighted by Gasteiger charge is 2.01. The van der Waals surface area contributed by atoms with E-state index >= 15 is 0 Å². The molecule has 2 aromatic rings. The maximum absolute atomic E-state index is 12.7. The molecular weight excluding hydrogens is 191 g/mol. The van der Waals surface area contributed by atoms with Crippen LogP contribution in [0.3, 0.4) is 0 Å². The van der Waals surface area contributed by atoms with Gasteiger partial charge in [-0.2, -0.15) is 0 Å². The fraction of sp³-hybridized carbons (Fsp3) is 0.222. The van der Waals surface area contributed by atoms with Crippen LogP contribution < -0.4 is 0 Å². The van der Waals surface area contributed by atoms with Gasteiger partial charge in [0.25, 0.3) is 0 Å². The van der Waals surface area contributed by atoms with Gasteiger partial charge in [-0.25, -0.2) is 4.39 Å². The molecule has 68 valence electrons. The van der Waals surface area contributed by atoms with Gasteiger partial charge in [0.2, 0.25) is 0 Å². The minimum absolute atomic E-state index is 0.327. The molecule has 0 saturated carbocycles. The second-order valence-electron chi connectivity index (χ2n) is 2.82. The van der Waals surface area contributed by atoms with Crippen LogP contribution in [0.4, 0.5) is 4.39 Å². The number of H-pyrrole nitrogens is 1. The molecule has 2 aromatic heterocycles. The summed E-state index contributed by atoms with van der Waals surface area (Å²) in [6, 6.07) is 3.32. The highest BCUT2D eigenvalue weighted by molar-refractivity contribution is 6.18. The van der Waals surface area contributed by atoms with Gasteiger partial charge in [-0.15, -0.1) is 11.6 Å². The fourth-order valence-corrected chi connectivity index (χ4v) is 1.48. The lowest BCUT2D eigenvalue weighted by atomic mass is 10.3. The Hall–Kier alpha value is -1.09. The summed E-state index contributed by atoms with van der Waals surface area (Å²) in [5.41, 5.74) is 2.49. The van der Waals surface area contributed by atoms with E-state index in [0.717, 1.165) is 23.1 Å². The number of hydrogen-bond acceptors (Lipinski definition) is 1. The molecule has 2 nitrogen and oxygen atoms in total. The molecule has 2 heterocycles. The van der Waals surface area contributed by atoms with Gasteiger partial charge in [-0.3, -0.25) is 4.98 Å². The van der Waals surface area contributed by atoms with Gasteiger partial charge >= 0.3 is 0 Å². The summed E-state index contributed by atoms with van der Waals surface area (Å²) in [6.45, 7) is 0. The van der Waals surface area contributed by atoms with Crippen LogP contribution in [0.15, 0.2) is 18.3 Å². The minimum atomic E-state index is -0.327. The number of hydrogen-bond donors (Lipinski definition) is 1. The monoisotopic (exact) mass is 198 g/mol. The Kier molecular flexibility index (Phi) is 2.19. The first kappa shape index (κ1) is 8.51. The molecule has 0 aliphatic heterocycles. The Morgan fingerprint density at radius 1 is 1.46 bits per heavy atom. The van der Waals surface area contributed by atoms with Crippen molar-refractivity contribution in [3.63, 3.8) is 0 Å². The van der Waals surface area contributed by atoms with Gasteiger partial charge in [0.1, 0.15) is 5.82 Å². The average molecular weight is 199 g/mol. The van der Waals surface area contributed by atoms with Crippen molar-refractivity contribution < 1.29 is 4.39 Å². The molecule has 1 N–H and O–H groups in total. The zero-order valence-corrected chi connectivity index (χ0v) is 7.61. The van der Waals surface area contributed by atoms with Crippen molar-refractivity contribution in [3.05, 3.63) is 29.8 Å². The van der Waals surface area contributed by atoms with E-state index < -0.39 is 0 Å². The van der Waals surface area contributed by atoms with Gasteiger partial charge in [0.15, 0.2) is 0 Å². The van der Waals surface area contributed by atoms with Crippen molar-refractivity contribution in [2.24, 2.45) is 0 Å². The molecule has 13 heavy (non-hydrogen) atoms. The zero-order valence-electron chi connectivity index (χ0n) is 6.85. The Morgan fingerprint density at radius 2 is 2.31 bits per heavy atom. The van der Waals surface area contributed by atoms with Crippen molar-refractivity contribution in [1.82, 2.24) is 9.97 Å². The lowest BCUT2D eigenvalue weighted by Gasteiger charge is -1.88. The number of aromatic nitrogens is 2.